The van der Waals surface area contributed by atoms with Gasteiger partial charge in [-0.2, -0.15) is 0 Å². The molecule has 10 rings (SSSR count). The van der Waals surface area contributed by atoms with Gasteiger partial charge in [-0.15, -0.1) is 11.3 Å². The number of pyridine rings is 2. The van der Waals surface area contributed by atoms with Gasteiger partial charge in [-0.1, -0.05) is 121 Å². The van der Waals surface area contributed by atoms with Crippen LogP contribution in [-0.2, 0) is 0 Å². The third kappa shape index (κ3) is 4.33. The normalized spacial score (nSPS) is 12.4. The summed E-state index contributed by atoms with van der Waals surface area (Å²) in [5.74, 6) is 0. The molecular weight excluding hydrogens is 613 g/mol. The number of hydrogen-bond donors (Lipinski definition) is 0. The van der Waals surface area contributed by atoms with Crippen molar-refractivity contribution < 1.29 is 0 Å². The first-order valence-electron chi connectivity index (χ1n) is 16.8. The number of nitrogens with zero attached hydrogens (tertiary/aromatic N) is 2. The van der Waals surface area contributed by atoms with Crippen LogP contribution in [0.25, 0.3) is 103 Å². The first-order chi connectivity index (χ1) is 24.1. The van der Waals surface area contributed by atoms with E-state index in [1.165, 1.54) is 63.6 Å². The van der Waals surface area contributed by atoms with Gasteiger partial charge in [-0.25, -0.2) is 9.97 Å². The van der Waals surface area contributed by atoms with E-state index < -0.39 is 0 Å². The third-order valence-corrected chi connectivity index (χ3v) is 11.4. The molecule has 0 atom stereocenters. The van der Waals surface area contributed by atoms with Crippen LogP contribution in [0.15, 0.2) is 140 Å². The Kier molecular flexibility index (Phi) is 6.21. The van der Waals surface area contributed by atoms with Crippen LogP contribution in [-0.4, -0.2) is 9.97 Å². The van der Waals surface area contributed by atoms with E-state index in [1.807, 2.05) is 11.3 Å². The molecule has 0 N–H and O–H groups in total. The van der Waals surface area contributed by atoms with Crippen molar-refractivity contribution in [2.75, 3.05) is 0 Å². The van der Waals surface area contributed by atoms with E-state index in [4.69, 9.17) is 9.97 Å². The molecular formula is C46H30N2S. The largest absolute Gasteiger partial charge is 0.245 e. The molecule has 0 bridgehead atoms. The summed E-state index contributed by atoms with van der Waals surface area (Å²) < 4.78 is 2.64. The highest BCUT2D eigenvalue weighted by Crippen LogP contribution is 2.41. The second-order valence-corrected chi connectivity index (χ2v) is 14.0. The van der Waals surface area contributed by atoms with Crippen LogP contribution >= 0.6 is 11.3 Å². The van der Waals surface area contributed by atoms with Crippen molar-refractivity contribution in [3.63, 3.8) is 0 Å². The summed E-state index contributed by atoms with van der Waals surface area (Å²) in [5, 5.41) is 11.2. The number of hydrogen-bond acceptors (Lipinski definition) is 3. The highest BCUT2D eigenvalue weighted by Gasteiger charge is 2.15. The highest BCUT2D eigenvalue weighted by molar-refractivity contribution is 7.26. The molecule has 3 heterocycles. The summed E-state index contributed by atoms with van der Waals surface area (Å²) in [6.07, 6.45) is 2.21. The number of thiophene rings is 1. The van der Waals surface area contributed by atoms with Crippen LogP contribution in [0, 0.1) is 6.92 Å². The van der Waals surface area contributed by atoms with Crippen molar-refractivity contribution in [1.82, 2.24) is 9.97 Å². The number of aryl methyl sites for hydroxylation is 1. The minimum atomic E-state index is 0.923. The fourth-order valence-corrected chi connectivity index (χ4v) is 8.95. The van der Waals surface area contributed by atoms with E-state index in [2.05, 4.69) is 159 Å². The van der Waals surface area contributed by atoms with E-state index in [0.29, 0.717) is 0 Å². The molecule has 49 heavy (non-hydrogen) atoms. The van der Waals surface area contributed by atoms with Crippen molar-refractivity contribution in [3.8, 4) is 33.6 Å². The molecule has 3 heteroatoms. The Hall–Kier alpha value is -5.90. The van der Waals surface area contributed by atoms with Gasteiger partial charge in [0.1, 0.15) is 0 Å². The van der Waals surface area contributed by atoms with Gasteiger partial charge in [0.05, 0.1) is 22.4 Å². The third-order valence-electron chi connectivity index (χ3n) is 10.1. The maximum Gasteiger partial charge on any atom is 0.0972 e. The standard InChI is InChI=1S/C46H30N2S/c1-3-28-15-16-29-19-23-35(37-22-14-27(2)42(28)43(29)37)40-25-21-31-18-17-30-20-24-39(47-44(30)45(31)48-40)33-9-6-8-32(26-33)34-11-7-12-38-36-10-4-5-13-41(36)49-46(34)38/h3-26H,1-2H3/b28-3-. The molecule has 0 radical (unpaired) electrons. The fourth-order valence-electron chi connectivity index (χ4n) is 7.71. The summed E-state index contributed by atoms with van der Waals surface area (Å²) in [7, 11) is 0. The highest BCUT2D eigenvalue weighted by atomic mass is 32.1. The van der Waals surface area contributed by atoms with E-state index >= 15 is 0 Å². The zero-order chi connectivity index (χ0) is 32.6. The molecule has 0 saturated heterocycles. The van der Waals surface area contributed by atoms with Gasteiger partial charge in [0.15, 0.2) is 0 Å². The second kappa shape index (κ2) is 10.8. The predicted molar refractivity (Wildman–Crippen MR) is 211 cm³/mol. The summed E-state index contributed by atoms with van der Waals surface area (Å²) in [6.45, 7) is 4.32. The average Bonchev–Trinajstić information content (AvgIpc) is 3.55. The van der Waals surface area contributed by atoms with Crippen molar-refractivity contribution in [2.45, 2.75) is 13.8 Å². The molecule has 0 saturated carbocycles. The average molecular weight is 643 g/mol. The number of rotatable bonds is 3. The molecule has 0 unspecified atom stereocenters. The Morgan fingerprint density at radius 3 is 2.06 bits per heavy atom. The summed E-state index contributed by atoms with van der Waals surface area (Å²) >= 11 is 1.87. The van der Waals surface area contributed by atoms with Crippen molar-refractivity contribution >= 4 is 80.9 Å². The Labute approximate surface area is 287 Å². The van der Waals surface area contributed by atoms with Gasteiger partial charge >= 0.3 is 0 Å². The zero-order valence-electron chi connectivity index (χ0n) is 27.2. The smallest absolute Gasteiger partial charge is 0.0972 e. The summed E-state index contributed by atoms with van der Waals surface area (Å²) in [4.78, 5) is 10.7. The Morgan fingerprint density at radius 1 is 0.510 bits per heavy atom. The van der Waals surface area contributed by atoms with E-state index in [1.54, 1.807) is 0 Å². The van der Waals surface area contributed by atoms with Gasteiger partial charge < -0.3 is 0 Å². The molecule has 0 aliphatic carbocycles. The second-order valence-electron chi connectivity index (χ2n) is 12.9. The summed E-state index contributed by atoms with van der Waals surface area (Å²) in [6, 6.07) is 50.6. The lowest BCUT2D eigenvalue weighted by atomic mass is 9.91. The van der Waals surface area contributed by atoms with Crippen molar-refractivity contribution in [1.29, 1.82) is 0 Å². The quantitative estimate of drug-likeness (QED) is 0.179. The van der Waals surface area contributed by atoms with Crippen LogP contribution in [0.3, 0.4) is 0 Å². The molecule has 230 valence electrons. The van der Waals surface area contributed by atoms with Crippen LogP contribution in [0.4, 0.5) is 0 Å². The van der Waals surface area contributed by atoms with Gasteiger partial charge in [0, 0.05) is 42.1 Å². The molecule has 0 aliphatic rings. The zero-order valence-corrected chi connectivity index (χ0v) is 28.0. The van der Waals surface area contributed by atoms with E-state index in [-0.39, 0.29) is 0 Å². The lowest BCUT2D eigenvalue weighted by Crippen LogP contribution is -2.03. The Morgan fingerprint density at radius 2 is 1.20 bits per heavy atom. The van der Waals surface area contributed by atoms with Gasteiger partial charge in [0.2, 0.25) is 0 Å². The molecule has 0 amide bonds. The van der Waals surface area contributed by atoms with Crippen LogP contribution in [0.5, 0.6) is 0 Å². The maximum atomic E-state index is 5.35. The Balaban J connectivity index is 1.13. The van der Waals surface area contributed by atoms with Crippen LogP contribution in [0.2, 0.25) is 0 Å². The minimum Gasteiger partial charge on any atom is -0.245 e. The van der Waals surface area contributed by atoms with Gasteiger partial charge in [-0.3, -0.25) is 0 Å². The number of fused-ring (bicyclic) bond motifs is 6. The van der Waals surface area contributed by atoms with E-state index in [0.717, 1.165) is 44.3 Å². The molecule has 2 nitrogen and oxygen atoms in total. The topological polar surface area (TPSA) is 25.8 Å². The first kappa shape index (κ1) is 28.1. The van der Waals surface area contributed by atoms with Crippen LogP contribution in [0.1, 0.15) is 12.5 Å². The number of benzene rings is 7. The SMILES string of the molecule is C/C=c1/ccc2ccc(-c3ccc4ccc5ccc(-c6cccc(-c7cccc8c7sc7ccccc78)c6)nc5c4n3)c3ccc(C)c1c23. The molecule has 3 aromatic heterocycles. The van der Waals surface area contributed by atoms with Crippen LogP contribution < -0.4 is 5.22 Å². The predicted octanol–water partition coefficient (Wildman–Crippen LogP) is 12.3. The first-order valence-corrected chi connectivity index (χ1v) is 17.6. The molecule has 7 aromatic carbocycles. The lowest BCUT2D eigenvalue weighted by Gasteiger charge is -2.14. The fraction of sp³-hybridized carbons (Fsp3) is 0.0435. The monoisotopic (exact) mass is 642 g/mol. The molecule has 0 spiro atoms. The lowest BCUT2D eigenvalue weighted by molar-refractivity contribution is 1.37. The van der Waals surface area contributed by atoms with Gasteiger partial charge in [-0.05, 0) is 81.6 Å². The Bertz CT molecular complexity index is 3020. The molecule has 10 aromatic rings. The maximum absolute atomic E-state index is 5.35. The van der Waals surface area contributed by atoms with Gasteiger partial charge in [0.25, 0.3) is 0 Å². The molecule has 0 aliphatic heterocycles. The van der Waals surface area contributed by atoms with Crippen molar-refractivity contribution in [2.24, 2.45) is 0 Å². The minimum absolute atomic E-state index is 0.923. The summed E-state index contributed by atoms with van der Waals surface area (Å²) in [5.41, 5.74) is 9.74. The van der Waals surface area contributed by atoms with Crippen molar-refractivity contribution in [3.05, 3.63) is 150 Å². The number of aromatic nitrogens is 2. The van der Waals surface area contributed by atoms with E-state index in [9.17, 15) is 0 Å². The molecule has 0 fully saturated rings.